The molecular weight excluding hydrogens is 460 g/mol. The van der Waals surface area contributed by atoms with Crippen LogP contribution in [0.5, 0.6) is 11.5 Å². The maximum absolute atomic E-state index is 13.2. The van der Waals surface area contributed by atoms with Crippen LogP contribution in [-0.4, -0.2) is 60.2 Å². The molecule has 4 rings (SSSR count). The highest BCUT2D eigenvalue weighted by Crippen LogP contribution is 2.29. The Morgan fingerprint density at radius 1 is 1.11 bits per heavy atom. The predicted molar refractivity (Wildman–Crippen MR) is 140 cm³/mol. The van der Waals surface area contributed by atoms with Crippen molar-refractivity contribution in [3.8, 4) is 11.5 Å². The summed E-state index contributed by atoms with van der Waals surface area (Å²) in [5.74, 6) is 0.981. The van der Waals surface area contributed by atoms with Crippen molar-refractivity contribution in [2.24, 2.45) is 5.10 Å². The number of hydrogen-bond acceptors (Lipinski definition) is 8. The second-order valence-electron chi connectivity index (χ2n) is 8.34. The van der Waals surface area contributed by atoms with Crippen LogP contribution in [0.3, 0.4) is 0 Å². The Labute approximate surface area is 209 Å². The van der Waals surface area contributed by atoms with E-state index in [0.717, 1.165) is 5.56 Å². The monoisotopic (exact) mass is 490 g/mol. The number of aromatic nitrogens is 3. The molecule has 0 fully saturated rings. The highest BCUT2D eigenvalue weighted by Gasteiger charge is 2.24. The minimum Gasteiger partial charge on any atom is -0.493 e. The third-order valence-corrected chi connectivity index (χ3v) is 5.49. The zero-order chi connectivity index (χ0) is 25.7. The number of amides is 1. The Kier molecular flexibility index (Phi) is 7.65. The molecule has 2 aromatic carbocycles. The van der Waals surface area contributed by atoms with E-state index in [1.54, 1.807) is 32.6 Å². The van der Waals surface area contributed by atoms with Gasteiger partial charge in [-0.25, -0.2) is 9.97 Å². The van der Waals surface area contributed by atoms with Gasteiger partial charge in [-0.05, 0) is 56.2 Å². The van der Waals surface area contributed by atoms with Gasteiger partial charge in [-0.1, -0.05) is 12.1 Å². The quantitative estimate of drug-likeness (QED) is 0.257. The Morgan fingerprint density at radius 2 is 1.83 bits per heavy atom. The molecule has 36 heavy (non-hydrogen) atoms. The normalized spacial score (nSPS) is 11.6. The molecule has 188 valence electrons. The van der Waals surface area contributed by atoms with Gasteiger partial charge in [-0.3, -0.25) is 4.79 Å². The molecule has 0 saturated heterocycles. The first kappa shape index (κ1) is 24.9. The minimum absolute atomic E-state index is 0.140. The van der Waals surface area contributed by atoms with Crippen LogP contribution in [0, 0.1) is 0 Å². The summed E-state index contributed by atoms with van der Waals surface area (Å²) < 4.78 is 17.6. The number of methoxy groups -OCH3 is 2. The largest absolute Gasteiger partial charge is 0.493 e. The van der Waals surface area contributed by atoms with Crippen molar-refractivity contribution in [3.63, 3.8) is 0 Å². The number of rotatable bonds is 10. The van der Waals surface area contributed by atoms with Gasteiger partial charge in [0.1, 0.15) is 16.9 Å². The van der Waals surface area contributed by atoms with Gasteiger partial charge in [0.25, 0.3) is 5.91 Å². The second kappa shape index (κ2) is 11.0. The smallest absolute Gasteiger partial charge is 0.257 e. The number of nitrogens with zero attached hydrogens (tertiary/aromatic N) is 4. The second-order valence-corrected chi connectivity index (χ2v) is 8.34. The molecule has 0 aliphatic carbocycles. The molecule has 10 nitrogen and oxygen atoms in total. The molecule has 0 aliphatic rings. The van der Waals surface area contributed by atoms with Gasteiger partial charge >= 0.3 is 0 Å². The first-order chi connectivity index (χ1) is 17.4. The van der Waals surface area contributed by atoms with E-state index < -0.39 is 0 Å². The van der Waals surface area contributed by atoms with E-state index in [1.807, 2.05) is 44.2 Å². The number of para-hydroxylation sites is 2. The molecule has 0 bridgehead atoms. The van der Waals surface area contributed by atoms with Crippen LogP contribution in [0.1, 0.15) is 36.2 Å². The van der Waals surface area contributed by atoms with Crippen molar-refractivity contribution in [3.05, 3.63) is 53.6 Å². The highest BCUT2D eigenvalue weighted by molar-refractivity contribution is 6.10. The van der Waals surface area contributed by atoms with Crippen LogP contribution < -0.4 is 20.5 Å². The van der Waals surface area contributed by atoms with Crippen LogP contribution in [0.15, 0.2) is 47.6 Å². The minimum atomic E-state index is -0.341. The van der Waals surface area contributed by atoms with Gasteiger partial charge in [0, 0.05) is 13.2 Å². The van der Waals surface area contributed by atoms with Crippen molar-refractivity contribution < 1.29 is 19.0 Å². The molecule has 0 spiro atoms. The Hall–Kier alpha value is -4.18. The molecule has 0 atom stereocenters. The van der Waals surface area contributed by atoms with Crippen LogP contribution in [-0.2, 0) is 4.74 Å². The maximum atomic E-state index is 13.2. The number of nitrogen functional groups attached to an aromatic ring is 1. The van der Waals surface area contributed by atoms with E-state index in [2.05, 4.69) is 10.4 Å². The van der Waals surface area contributed by atoms with E-state index in [1.165, 1.54) is 4.68 Å². The van der Waals surface area contributed by atoms with Crippen molar-refractivity contribution in [2.45, 2.75) is 26.4 Å². The standard InChI is InChI=1S/C26H30N6O4/c1-16(2)36-13-7-12-28-26(33)22-23-25(31-19-9-6-5-8-18(19)30-23)32(24(22)27)29-15-17-10-11-20(34-3)21(14-17)35-4/h5-6,8-11,14-16H,7,12-13,27H2,1-4H3,(H,28,33)/b29-15+. The summed E-state index contributed by atoms with van der Waals surface area (Å²) in [7, 11) is 3.14. The summed E-state index contributed by atoms with van der Waals surface area (Å²) in [6.45, 7) is 4.93. The molecule has 10 heteroatoms. The van der Waals surface area contributed by atoms with E-state index >= 15 is 0 Å². The average molecular weight is 491 g/mol. The lowest BCUT2D eigenvalue weighted by molar-refractivity contribution is 0.0757. The van der Waals surface area contributed by atoms with Gasteiger partial charge < -0.3 is 25.3 Å². The van der Waals surface area contributed by atoms with Gasteiger partial charge in [-0.2, -0.15) is 9.78 Å². The fourth-order valence-electron chi connectivity index (χ4n) is 3.73. The van der Waals surface area contributed by atoms with Gasteiger partial charge in [-0.15, -0.1) is 0 Å². The predicted octanol–water partition coefficient (Wildman–Crippen LogP) is 3.61. The fraction of sp³-hybridized carbons (Fsp3) is 0.308. The zero-order valence-electron chi connectivity index (χ0n) is 20.8. The van der Waals surface area contributed by atoms with Gasteiger partial charge in [0.2, 0.25) is 0 Å². The third-order valence-electron chi connectivity index (χ3n) is 5.49. The lowest BCUT2D eigenvalue weighted by Crippen LogP contribution is -2.26. The van der Waals surface area contributed by atoms with Crippen molar-refractivity contribution in [1.82, 2.24) is 20.0 Å². The van der Waals surface area contributed by atoms with Crippen LogP contribution in [0.4, 0.5) is 5.82 Å². The number of nitrogens with one attached hydrogen (secondary N) is 1. The molecule has 0 saturated carbocycles. The number of anilines is 1. The first-order valence-corrected chi connectivity index (χ1v) is 11.7. The number of nitrogens with two attached hydrogens (primary N) is 1. The molecule has 4 aromatic rings. The van der Waals surface area contributed by atoms with Crippen molar-refractivity contribution >= 4 is 40.1 Å². The number of hydrogen-bond donors (Lipinski definition) is 2. The highest BCUT2D eigenvalue weighted by atomic mass is 16.5. The van der Waals surface area contributed by atoms with Crippen LogP contribution >= 0.6 is 0 Å². The number of carbonyl (C=O) groups is 1. The Morgan fingerprint density at radius 3 is 2.53 bits per heavy atom. The molecule has 2 aromatic heterocycles. The van der Waals surface area contributed by atoms with Gasteiger partial charge in [0.15, 0.2) is 17.1 Å². The fourth-order valence-corrected chi connectivity index (χ4v) is 3.73. The number of carbonyl (C=O) groups excluding carboxylic acids is 1. The topological polar surface area (TPSA) is 126 Å². The maximum Gasteiger partial charge on any atom is 0.257 e. The number of ether oxygens (including phenoxy) is 3. The molecular formula is C26H30N6O4. The zero-order valence-corrected chi connectivity index (χ0v) is 20.8. The number of fused-ring (bicyclic) bond motifs is 2. The van der Waals surface area contributed by atoms with E-state index in [-0.39, 0.29) is 23.4 Å². The summed E-state index contributed by atoms with van der Waals surface area (Å²) in [5.41, 5.74) is 9.53. The Bertz CT molecular complexity index is 1410. The summed E-state index contributed by atoms with van der Waals surface area (Å²) >= 11 is 0. The lowest BCUT2D eigenvalue weighted by atomic mass is 10.2. The van der Waals surface area contributed by atoms with E-state index in [4.69, 9.17) is 29.9 Å². The lowest BCUT2D eigenvalue weighted by Gasteiger charge is -2.08. The van der Waals surface area contributed by atoms with Crippen LogP contribution in [0.2, 0.25) is 0 Å². The molecule has 0 unspecified atom stereocenters. The molecule has 0 radical (unpaired) electrons. The SMILES string of the molecule is COc1ccc(/C=N/n2c(N)c(C(=O)NCCCOC(C)C)c3nc4ccccc4nc32)cc1OC. The molecule has 0 aliphatic heterocycles. The molecule has 1 amide bonds. The summed E-state index contributed by atoms with van der Waals surface area (Å²) in [4.78, 5) is 22.6. The summed E-state index contributed by atoms with van der Waals surface area (Å²) in [5, 5.41) is 7.45. The van der Waals surface area contributed by atoms with Gasteiger partial charge in [0.05, 0.1) is 37.6 Å². The molecule has 2 heterocycles. The van der Waals surface area contributed by atoms with E-state index in [9.17, 15) is 4.79 Å². The first-order valence-electron chi connectivity index (χ1n) is 11.7. The Balaban J connectivity index is 1.72. The van der Waals surface area contributed by atoms with Crippen molar-refractivity contribution in [2.75, 3.05) is 33.1 Å². The van der Waals surface area contributed by atoms with Crippen LogP contribution in [0.25, 0.3) is 22.2 Å². The number of benzene rings is 2. The molecule has 3 N–H and O–H groups in total. The summed E-state index contributed by atoms with van der Waals surface area (Å²) in [6.07, 6.45) is 2.43. The summed E-state index contributed by atoms with van der Waals surface area (Å²) in [6, 6.07) is 12.8. The van der Waals surface area contributed by atoms with Crippen molar-refractivity contribution in [1.29, 1.82) is 0 Å². The third kappa shape index (κ3) is 5.23. The average Bonchev–Trinajstić information content (AvgIpc) is 3.15. The van der Waals surface area contributed by atoms with E-state index in [0.29, 0.717) is 53.3 Å².